The number of ether oxygens (including phenoxy) is 1. The van der Waals surface area contributed by atoms with E-state index in [9.17, 15) is 14.0 Å². The number of halogens is 1. The third-order valence-corrected chi connectivity index (χ3v) is 4.92. The average Bonchev–Trinajstić information content (AvgIpc) is 2.66. The Morgan fingerprint density at radius 3 is 2.70 bits per heavy atom. The molecule has 2 heterocycles. The van der Waals surface area contributed by atoms with Gasteiger partial charge in [0, 0.05) is 6.21 Å². The number of benzene rings is 1. The second-order valence-corrected chi connectivity index (χ2v) is 6.88. The molecule has 0 unspecified atom stereocenters. The van der Waals surface area contributed by atoms with Gasteiger partial charge in [0.25, 0.3) is 0 Å². The van der Waals surface area contributed by atoms with E-state index in [4.69, 9.17) is 17.0 Å². The molecule has 2 amide bonds. The van der Waals surface area contributed by atoms with Gasteiger partial charge in [-0.2, -0.15) is 0 Å². The average molecular weight is 393 g/mol. The van der Waals surface area contributed by atoms with Crippen LogP contribution in [0.1, 0.15) is 5.56 Å². The molecule has 0 aliphatic carbocycles. The van der Waals surface area contributed by atoms with E-state index in [0.29, 0.717) is 6.54 Å². The summed E-state index contributed by atoms with van der Waals surface area (Å²) in [4.78, 5) is 31.8. The maximum Gasteiger partial charge on any atom is 0.247 e. The number of nitrogens with zero attached hydrogens (tertiary/aromatic N) is 2. The van der Waals surface area contributed by atoms with E-state index in [0.717, 1.165) is 38.4 Å². The number of aliphatic imine (C=N–C) groups is 1. The van der Waals surface area contributed by atoms with Crippen molar-refractivity contribution < 1.29 is 23.6 Å². The smallest absolute Gasteiger partial charge is 0.247 e. The molecule has 2 fully saturated rings. The fourth-order valence-corrected chi connectivity index (χ4v) is 3.25. The number of quaternary nitrogens is 1. The summed E-state index contributed by atoms with van der Waals surface area (Å²) in [5, 5.41) is 2.59. The zero-order chi connectivity index (χ0) is 19.2. The Balaban J connectivity index is 1.59. The van der Waals surface area contributed by atoms with Gasteiger partial charge in [-0.15, -0.1) is 0 Å². The quantitative estimate of drug-likeness (QED) is 0.376. The summed E-state index contributed by atoms with van der Waals surface area (Å²) in [7, 11) is 0. The largest absolute Gasteiger partial charge is 0.370 e. The van der Waals surface area contributed by atoms with Crippen LogP contribution in [0.15, 0.2) is 29.3 Å². The molecular formula is C18H22FN4O3S+. The number of hydrogen-bond donors (Lipinski definition) is 2. The fraction of sp³-hybridized carbons (Fsp3) is 0.444. The van der Waals surface area contributed by atoms with Crippen LogP contribution in [0.5, 0.6) is 0 Å². The Morgan fingerprint density at radius 2 is 2.00 bits per heavy atom. The number of carbonyl (C=O) groups excluding carboxylic acids is 2. The topological polar surface area (TPSA) is 75.4 Å². The lowest BCUT2D eigenvalue weighted by atomic mass is 10.1. The van der Waals surface area contributed by atoms with Crippen molar-refractivity contribution in [2.75, 3.05) is 39.4 Å². The van der Waals surface area contributed by atoms with Gasteiger partial charge in [0.05, 0.1) is 32.8 Å². The molecule has 0 spiro atoms. The summed E-state index contributed by atoms with van der Waals surface area (Å²) >= 11 is 5.12. The normalized spacial score (nSPS) is 21.7. The highest BCUT2D eigenvalue weighted by Gasteiger charge is 2.37. The number of rotatable bonds is 6. The van der Waals surface area contributed by atoms with E-state index >= 15 is 0 Å². The zero-order valence-corrected chi connectivity index (χ0v) is 15.6. The molecule has 0 radical (unpaired) electrons. The molecule has 0 bridgehead atoms. The third-order valence-electron chi connectivity index (χ3n) is 4.59. The van der Waals surface area contributed by atoms with Crippen LogP contribution in [0.25, 0.3) is 0 Å². The molecule has 9 heteroatoms. The van der Waals surface area contributed by atoms with Crippen molar-refractivity contribution in [1.82, 2.24) is 10.2 Å². The molecule has 27 heavy (non-hydrogen) atoms. The second kappa shape index (κ2) is 9.12. The summed E-state index contributed by atoms with van der Waals surface area (Å²) in [6, 6.07) is 5.79. The minimum absolute atomic E-state index is 0.0525. The number of hydrogen-bond acceptors (Lipinski definition) is 5. The minimum Gasteiger partial charge on any atom is -0.370 e. The monoisotopic (exact) mass is 393 g/mol. The van der Waals surface area contributed by atoms with Gasteiger partial charge < -0.3 is 15.0 Å². The number of nitrogens with one attached hydrogen (secondary N) is 2. The van der Waals surface area contributed by atoms with Crippen molar-refractivity contribution in [1.29, 1.82) is 0 Å². The van der Waals surface area contributed by atoms with Crippen molar-refractivity contribution in [3.05, 3.63) is 35.6 Å². The summed E-state index contributed by atoms with van der Waals surface area (Å²) < 4.78 is 18.4. The standard InChI is InChI=1S/C18H21FN4O3S/c19-14-3-1-13(2-4-14)12-23-17(25)15(16(24)21-18(23)27)11-20-5-6-22-7-9-26-10-8-22/h1-4,11,15H,5-10,12H2,(H,21,24,27)/p+1/t15-/m1/s1. The lowest BCUT2D eigenvalue weighted by Gasteiger charge is -2.31. The maximum absolute atomic E-state index is 13.0. The number of morpholine rings is 1. The molecule has 3 rings (SSSR count). The molecule has 144 valence electrons. The van der Waals surface area contributed by atoms with Crippen LogP contribution < -0.4 is 10.2 Å². The van der Waals surface area contributed by atoms with Crippen molar-refractivity contribution in [3.63, 3.8) is 0 Å². The predicted molar refractivity (Wildman–Crippen MR) is 101 cm³/mol. The van der Waals surface area contributed by atoms with E-state index in [1.807, 2.05) is 0 Å². The highest BCUT2D eigenvalue weighted by Crippen LogP contribution is 2.14. The van der Waals surface area contributed by atoms with Crippen molar-refractivity contribution in [3.8, 4) is 0 Å². The van der Waals surface area contributed by atoms with Crippen LogP contribution in [-0.2, 0) is 20.9 Å². The van der Waals surface area contributed by atoms with Crippen LogP contribution in [-0.4, -0.2) is 67.4 Å². The van der Waals surface area contributed by atoms with Crippen molar-refractivity contribution >= 4 is 35.4 Å². The molecule has 1 aromatic carbocycles. The Morgan fingerprint density at radius 1 is 1.30 bits per heavy atom. The van der Waals surface area contributed by atoms with Gasteiger partial charge in [0.1, 0.15) is 18.9 Å². The van der Waals surface area contributed by atoms with Gasteiger partial charge >= 0.3 is 0 Å². The Hall–Kier alpha value is -2.23. The first kappa shape index (κ1) is 19.5. The number of thiocarbonyl (C=S) groups is 1. The lowest BCUT2D eigenvalue weighted by molar-refractivity contribution is -0.906. The fourth-order valence-electron chi connectivity index (χ4n) is 3.00. The second-order valence-electron chi connectivity index (χ2n) is 6.49. The van der Waals surface area contributed by atoms with Crippen LogP contribution in [0.3, 0.4) is 0 Å². The Kier molecular flexibility index (Phi) is 6.59. The van der Waals surface area contributed by atoms with Crippen molar-refractivity contribution in [2.45, 2.75) is 6.54 Å². The number of carbonyl (C=O) groups is 2. The van der Waals surface area contributed by atoms with Crippen LogP contribution >= 0.6 is 12.2 Å². The Labute approximate surface area is 162 Å². The van der Waals surface area contributed by atoms with Gasteiger partial charge in [-0.3, -0.25) is 19.5 Å². The first-order valence-electron chi connectivity index (χ1n) is 8.86. The minimum atomic E-state index is -1.00. The first-order valence-corrected chi connectivity index (χ1v) is 9.27. The molecule has 1 atom stereocenters. The zero-order valence-electron chi connectivity index (χ0n) is 14.8. The molecule has 2 saturated heterocycles. The van der Waals surface area contributed by atoms with Crippen LogP contribution in [0, 0.1) is 11.7 Å². The molecule has 1 aromatic rings. The molecule has 7 nitrogen and oxygen atoms in total. The molecule has 2 aliphatic rings. The maximum atomic E-state index is 13.0. The van der Waals surface area contributed by atoms with Gasteiger partial charge in [-0.25, -0.2) is 4.39 Å². The summed E-state index contributed by atoms with van der Waals surface area (Å²) in [5.74, 6) is -2.25. The molecule has 2 aliphatic heterocycles. The highest BCUT2D eigenvalue weighted by atomic mass is 32.1. The third kappa shape index (κ3) is 5.15. The van der Waals surface area contributed by atoms with E-state index in [2.05, 4.69) is 10.3 Å². The van der Waals surface area contributed by atoms with Crippen molar-refractivity contribution in [2.24, 2.45) is 10.9 Å². The summed E-state index contributed by atoms with van der Waals surface area (Å²) in [6.45, 7) is 4.92. The molecule has 0 saturated carbocycles. The predicted octanol–water partition coefficient (Wildman–Crippen LogP) is -0.829. The summed E-state index contributed by atoms with van der Waals surface area (Å²) in [6.07, 6.45) is 1.40. The number of amides is 2. The van der Waals surface area contributed by atoms with Gasteiger partial charge in [0.2, 0.25) is 11.8 Å². The lowest BCUT2D eigenvalue weighted by Crippen LogP contribution is -3.14. The van der Waals surface area contributed by atoms with Crippen LogP contribution in [0.2, 0.25) is 0 Å². The first-order chi connectivity index (χ1) is 13.0. The highest BCUT2D eigenvalue weighted by molar-refractivity contribution is 7.80. The SMILES string of the molecule is O=C1NC(=S)N(Cc2ccc(F)cc2)C(=O)[C@@H]1C=NCC[NH+]1CCOCC1. The molecule has 0 aromatic heterocycles. The van der Waals surface area contributed by atoms with Gasteiger partial charge in [0.15, 0.2) is 11.0 Å². The van der Waals surface area contributed by atoms with Gasteiger partial charge in [-0.1, -0.05) is 12.1 Å². The molecule has 2 N–H and O–H groups in total. The van der Waals surface area contributed by atoms with E-state index < -0.39 is 17.7 Å². The van der Waals surface area contributed by atoms with Crippen LogP contribution in [0.4, 0.5) is 4.39 Å². The van der Waals surface area contributed by atoms with E-state index in [1.54, 1.807) is 12.1 Å². The summed E-state index contributed by atoms with van der Waals surface area (Å²) in [5.41, 5.74) is 0.717. The Bertz CT molecular complexity index is 735. The van der Waals surface area contributed by atoms with E-state index in [1.165, 1.54) is 28.1 Å². The van der Waals surface area contributed by atoms with E-state index in [-0.39, 0.29) is 17.5 Å². The molecular weight excluding hydrogens is 371 g/mol. The van der Waals surface area contributed by atoms with Gasteiger partial charge in [-0.05, 0) is 29.9 Å².